The minimum absolute atomic E-state index is 0.596. The summed E-state index contributed by atoms with van der Waals surface area (Å²) < 4.78 is 5.14. The molecule has 0 aliphatic carbocycles. The average molecular weight is 342 g/mol. The quantitative estimate of drug-likeness (QED) is 0.712. The predicted octanol–water partition coefficient (Wildman–Crippen LogP) is 3.36. The fourth-order valence-electron chi connectivity index (χ4n) is 3.01. The van der Waals surface area contributed by atoms with E-state index >= 15 is 0 Å². The van der Waals surface area contributed by atoms with Gasteiger partial charge in [-0.1, -0.05) is 17.7 Å². The maximum absolute atomic E-state index is 6.39. The van der Waals surface area contributed by atoms with Crippen molar-refractivity contribution in [3.05, 3.63) is 52.1 Å². The van der Waals surface area contributed by atoms with Crippen molar-refractivity contribution < 1.29 is 4.52 Å². The molecule has 0 N–H and O–H groups in total. The summed E-state index contributed by atoms with van der Waals surface area (Å²) in [5.41, 5.74) is 4.86. The van der Waals surface area contributed by atoms with Crippen molar-refractivity contribution >= 4 is 17.4 Å². The van der Waals surface area contributed by atoms with E-state index < -0.39 is 0 Å². The van der Waals surface area contributed by atoms with Gasteiger partial charge in [-0.2, -0.15) is 0 Å². The molecule has 6 nitrogen and oxygen atoms in total. The lowest BCUT2D eigenvalue weighted by atomic mass is 10.1. The number of pyridine rings is 2. The van der Waals surface area contributed by atoms with E-state index in [9.17, 15) is 0 Å². The van der Waals surface area contributed by atoms with Crippen LogP contribution in [0.1, 0.15) is 22.6 Å². The van der Waals surface area contributed by atoms with Crippen LogP contribution in [-0.2, 0) is 13.0 Å². The number of hydrogen-bond acceptors (Lipinski definition) is 6. The molecule has 0 saturated carbocycles. The third-order valence-electron chi connectivity index (χ3n) is 4.22. The van der Waals surface area contributed by atoms with Crippen LogP contribution in [0.5, 0.6) is 0 Å². The summed E-state index contributed by atoms with van der Waals surface area (Å²) in [4.78, 5) is 11.2. The van der Waals surface area contributed by atoms with E-state index in [-0.39, 0.29) is 0 Å². The molecule has 0 fully saturated rings. The van der Waals surface area contributed by atoms with Gasteiger partial charge < -0.3 is 9.42 Å². The minimum atomic E-state index is 0.596. The third kappa shape index (κ3) is 2.63. The lowest BCUT2D eigenvalue weighted by Gasteiger charge is -2.26. The first-order valence-corrected chi connectivity index (χ1v) is 8.14. The maximum Gasteiger partial charge on any atom is 0.163 e. The molecule has 0 saturated heterocycles. The van der Waals surface area contributed by atoms with Crippen LogP contribution in [0, 0.1) is 13.8 Å². The van der Waals surface area contributed by atoms with E-state index in [1.807, 2.05) is 26.1 Å². The molecule has 0 spiro atoms. The van der Waals surface area contributed by atoms with Crippen molar-refractivity contribution in [1.82, 2.24) is 20.3 Å². The van der Waals surface area contributed by atoms with E-state index in [2.05, 4.69) is 31.3 Å². The van der Waals surface area contributed by atoms with Crippen LogP contribution < -0.4 is 4.90 Å². The number of aryl methyl sites for hydroxylation is 2. The van der Waals surface area contributed by atoms with Crippen molar-refractivity contribution in [2.24, 2.45) is 0 Å². The highest BCUT2D eigenvalue weighted by atomic mass is 35.5. The van der Waals surface area contributed by atoms with Gasteiger partial charge in [-0.05, 0) is 31.0 Å². The molecule has 0 radical (unpaired) electrons. The Kier molecular flexibility index (Phi) is 3.69. The van der Waals surface area contributed by atoms with Gasteiger partial charge in [-0.3, -0.25) is 4.98 Å². The normalized spacial score (nSPS) is 13.9. The van der Waals surface area contributed by atoms with E-state index in [1.165, 1.54) is 0 Å². The van der Waals surface area contributed by atoms with Gasteiger partial charge in [0.2, 0.25) is 0 Å². The van der Waals surface area contributed by atoms with Crippen LogP contribution in [0.15, 0.2) is 29.0 Å². The topological polar surface area (TPSA) is 67.9 Å². The summed E-state index contributed by atoms with van der Waals surface area (Å²) >= 11 is 6.39. The van der Waals surface area contributed by atoms with Gasteiger partial charge in [0.05, 0.1) is 17.3 Å². The SMILES string of the molecule is Cc1cnc(-c2cc(N3CCc4onnc4C3)ncc2Cl)c(C)c1. The van der Waals surface area contributed by atoms with Crippen molar-refractivity contribution in [3.8, 4) is 11.3 Å². The second-order valence-electron chi connectivity index (χ2n) is 6.01. The second-order valence-corrected chi connectivity index (χ2v) is 6.42. The number of anilines is 1. The highest BCUT2D eigenvalue weighted by molar-refractivity contribution is 6.33. The number of aromatic nitrogens is 4. The first kappa shape index (κ1) is 15.1. The molecule has 3 aromatic heterocycles. The van der Waals surface area contributed by atoms with Gasteiger partial charge in [-0.25, -0.2) is 4.98 Å². The monoisotopic (exact) mass is 341 g/mol. The molecule has 0 aromatic carbocycles. The Morgan fingerprint density at radius 1 is 1.17 bits per heavy atom. The molecule has 0 unspecified atom stereocenters. The Bertz CT molecular complexity index is 908. The zero-order chi connectivity index (χ0) is 16.7. The van der Waals surface area contributed by atoms with Crippen molar-refractivity contribution in [2.45, 2.75) is 26.8 Å². The zero-order valence-corrected chi connectivity index (χ0v) is 14.2. The molecule has 24 heavy (non-hydrogen) atoms. The fraction of sp³-hybridized carbons (Fsp3) is 0.294. The molecule has 0 amide bonds. The third-order valence-corrected chi connectivity index (χ3v) is 4.52. The van der Waals surface area contributed by atoms with Crippen molar-refractivity contribution in [1.29, 1.82) is 0 Å². The Balaban J connectivity index is 1.72. The van der Waals surface area contributed by atoms with Crippen LogP contribution in [0.4, 0.5) is 5.82 Å². The molecule has 122 valence electrons. The number of fused-ring (bicyclic) bond motifs is 1. The highest BCUT2D eigenvalue weighted by Gasteiger charge is 2.23. The molecular weight excluding hydrogens is 326 g/mol. The van der Waals surface area contributed by atoms with Crippen molar-refractivity contribution in [2.75, 3.05) is 11.4 Å². The summed E-state index contributed by atoms with van der Waals surface area (Å²) in [7, 11) is 0. The number of rotatable bonds is 2. The molecule has 1 aliphatic rings. The van der Waals surface area contributed by atoms with Gasteiger partial charge in [0.15, 0.2) is 5.76 Å². The summed E-state index contributed by atoms with van der Waals surface area (Å²) in [5.74, 6) is 1.71. The van der Waals surface area contributed by atoms with Crippen LogP contribution in [0.25, 0.3) is 11.3 Å². The molecular formula is C17H16ClN5O. The van der Waals surface area contributed by atoms with Crippen LogP contribution >= 0.6 is 11.6 Å². The summed E-state index contributed by atoms with van der Waals surface area (Å²) in [6.07, 6.45) is 4.31. The molecule has 0 bridgehead atoms. The highest BCUT2D eigenvalue weighted by Crippen LogP contribution is 2.32. The van der Waals surface area contributed by atoms with E-state index in [4.69, 9.17) is 16.1 Å². The Morgan fingerprint density at radius 2 is 2.04 bits per heavy atom. The first-order valence-electron chi connectivity index (χ1n) is 7.76. The average Bonchev–Trinajstić information content (AvgIpc) is 3.03. The first-order chi connectivity index (χ1) is 11.6. The smallest absolute Gasteiger partial charge is 0.163 e. The summed E-state index contributed by atoms with van der Waals surface area (Å²) in [6, 6.07) is 4.10. The maximum atomic E-state index is 6.39. The number of hydrogen-bond donors (Lipinski definition) is 0. The molecule has 7 heteroatoms. The minimum Gasteiger partial charge on any atom is -0.350 e. The lowest BCUT2D eigenvalue weighted by Crippen LogP contribution is -2.30. The Hall–Kier alpha value is -2.47. The van der Waals surface area contributed by atoms with E-state index in [0.717, 1.165) is 52.6 Å². The van der Waals surface area contributed by atoms with Gasteiger partial charge in [-0.15, -0.1) is 5.10 Å². The standard InChI is InChI=1S/C17H16ClN5O/c1-10-5-11(2)17(20-7-10)12-6-16(19-8-13(12)18)23-4-3-15-14(9-23)21-22-24-15/h5-8H,3-4,9H2,1-2H3. The molecule has 0 atom stereocenters. The van der Waals surface area contributed by atoms with Crippen LogP contribution in [0.2, 0.25) is 5.02 Å². The van der Waals surface area contributed by atoms with E-state index in [0.29, 0.717) is 11.6 Å². The van der Waals surface area contributed by atoms with Crippen molar-refractivity contribution in [3.63, 3.8) is 0 Å². The number of halogens is 1. The van der Waals surface area contributed by atoms with Gasteiger partial charge >= 0.3 is 0 Å². The van der Waals surface area contributed by atoms with Crippen LogP contribution in [0.3, 0.4) is 0 Å². The predicted molar refractivity (Wildman–Crippen MR) is 91.0 cm³/mol. The van der Waals surface area contributed by atoms with Crippen LogP contribution in [-0.4, -0.2) is 26.9 Å². The largest absolute Gasteiger partial charge is 0.350 e. The van der Waals surface area contributed by atoms with E-state index in [1.54, 1.807) is 6.20 Å². The molecule has 4 heterocycles. The van der Waals surface area contributed by atoms with Gasteiger partial charge in [0.1, 0.15) is 11.5 Å². The zero-order valence-electron chi connectivity index (χ0n) is 13.5. The lowest BCUT2D eigenvalue weighted by molar-refractivity contribution is 0.360. The molecule has 1 aliphatic heterocycles. The van der Waals surface area contributed by atoms with Gasteiger partial charge in [0.25, 0.3) is 0 Å². The summed E-state index contributed by atoms with van der Waals surface area (Å²) in [6.45, 7) is 5.51. The molecule has 4 rings (SSSR count). The Morgan fingerprint density at radius 3 is 2.88 bits per heavy atom. The summed E-state index contributed by atoms with van der Waals surface area (Å²) in [5, 5.41) is 8.25. The number of nitrogens with zero attached hydrogens (tertiary/aromatic N) is 5. The Labute approximate surface area is 144 Å². The molecule has 3 aromatic rings. The fourth-order valence-corrected chi connectivity index (χ4v) is 3.20. The second kappa shape index (κ2) is 5.87. The van der Waals surface area contributed by atoms with Gasteiger partial charge in [0, 0.05) is 36.2 Å².